The SMILES string of the molecule is C[N+](C)(C)C(O)C(O)O. The van der Waals surface area contributed by atoms with Gasteiger partial charge in [-0.15, -0.1) is 0 Å². The smallest absolute Gasteiger partial charge is 0.242 e. The highest BCUT2D eigenvalue weighted by atomic mass is 16.5. The largest absolute Gasteiger partial charge is 0.361 e. The van der Waals surface area contributed by atoms with E-state index in [1.54, 1.807) is 21.1 Å². The maximum Gasteiger partial charge on any atom is 0.242 e. The Morgan fingerprint density at radius 2 is 1.33 bits per heavy atom. The molecule has 56 valence electrons. The Hall–Kier alpha value is -0.160. The number of aliphatic hydroxyl groups is 3. The first-order valence-corrected chi connectivity index (χ1v) is 2.71. The van der Waals surface area contributed by atoms with E-state index >= 15 is 0 Å². The van der Waals surface area contributed by atoms with E-state index in [9.17, 15) is 0 Å². The minimum absolute atomic E-state index is 0.123. The highest BCUT2D eigenvalue weighted by Crippen LogP contribution is 2.01. The van der Waals surface area contributed by atoms with Crippen LogP contribution in [0.5, 0.6) is 0 Å². The van der Waals surface area contributed by atoms with Crippen molar-refractivity contribution in [2.75, 3.05) is 21.1 Å². The Morgan fingerprint density at radius 1 is 1.00 bits per heavy atom. The van der Waals surface area contributed by atoms with E-state index in [1.165, 1.54) is 0 Å². The van der Waals surface area contributed by atoms with Crippen LogP contribution in [-0.2, 0) is 0 Å². The average Bonchev–Trinajstić information content (AvgIpc) is 1.62. The highest BCUT2D eigenvalue weighted by molar-refractivity contribution is 4.38. The first-order valence-electron chi connectivity index (χ1n) is 2.71. The van der Waals surface area contributed by atoms with Gasteiger partial charge in [0.15, 0.2) is 0 Å². The van der Waals surface area contributed by atoms with Crippen LogP contribution >= 0.6 is 0 Å². The zero-order valence-electron chi connectivity index (χ0n) is 5.94. The molecular formula is C5H14NO3+. The zero-order chi connectivity index (χ0) is 7.65. The van der Waals surface area contributed by atoms with Gasteiger partial charge in [-0.2, -0.15) is 0 Å². The second-order valence-corrected chi connectivity index (χ2v) is 2.94. The van der Waals surface area contributed by atoms with Gasteiger partial charge in [0.05, 0.1) is 21.1 Å². The summed E-state index contributed by atoms with van der Waals surface area (Å²) in [6.45, 7) is 0. The topological polar surface area (TPSA) is 60.7 Å². The molecule has 1 atom stereocenters. The number of aliphatic hydroxyl groups excluding tert-OH is 2. The normalized spacial score (nSPS) is 16.3. The molecule has 0 fully saturated rings. The molecule has 3 N–H and O–H groups in total. The van der Waals surface area contributed by atoms with E-state index < -0.39 is 12.5 Å². The maximum atomic E-state index is 8.94. The van der Waals surface area contributed by atoms with Crippen LogP contribution < -0.4 is 0 Å². The fraction of sp³-hybridized carbons (Fsp3) is 1.00. The molecule has 1 unspecified atom stereocenters. The standard InChI is InChI=1S/C5H14NO3/c1-6(2,3)4(7)5(8)9/h4-5,7-9H,1-3H3/q+1. The third-order valence-electron chi connectivity index (χ3n) is 1.06. The van der Waals surface area contributed by atoms with Crippen LogP contribution in [0.3, 0.4) is 0 Å². The van der Waals surface area contributed by atoms with Crippen molar-refractivity contribution >= 4 is 0 Å². The molecule has 0 bridgehead atoms. The van der Waals surface area contributed by atoms with Gasteiger partial charge in [0.25, 0.3) is 0 Å². The lowest BCUT2D eigenvalue weighted by Gasteiger charge is -2.30. The number of likely N-dealkylation sites (N-methyl/N-ethyl adjacent to an activating group) is 1. The van der Waals surface area contributed by atoms with Crippen LogP contribution in [0.1, 0.15) is 0 Å². The molecule has 4 heteroatoms. The van der Waals surface area contributed by atoms with Gasteiger partial charge in [0.1, 0.15) is 0 Å². The van der Waals surface area contributed by atoms with Gasteiger partial charge in [-0.25, -0.2) is 0 Å². The van der Waals surface area contributed by atoms with Crippen LogP contribution in [0.4, 0.5) is 0 Å². The Kier molecular flexibility index (Phi) is 2.57. The molecule has 0 spiro atoms. The van der Waals surface area contributed by atoms with Crippen LogP contribution in [0, 0.1) is 0 Å². The van der Waals surface area contributed by atoms with Crippen molar-refractivity contribution in [2.24, 2.45) is 0 Å². The third kappa shape index (κ3) is 2.76. The Morgan fingerprint density at radius 3 is 1.33 bits per heavy atom. The summed E-state index contributed by atoms with van der Waals surface area (Å²) in [4.78, 5) is 0. The summed E-state index contributed by atoms with van der Waals surface area (Å²) >= 11 is 0. The van der Waals surface area contributed by atoms with Gasteiger partial charge >= 0.3 is 0 Å². The van der Waals surface area contributed by atoms with E-state index in [-0.39, 0.29) is 4.48 Å². The molecule has 0 aliphatic carbocycles. The van der Waals surface area contributed by atoms with E-state index in [0.717, 1.165) is 0 Å². The number of hydrogen-bond acceptors (Lipinski definition) is 3. The lowest BCUT2D eigenvalue weighted by Crippen LogP contribution is -2.51. The Labute approximate surface area is 54.6 Å². The second-order valence-electron chi connectivity index (χ2n) is 2.94. The molecule has 9 heavy (non-hydrogen) atoms. The van der Waals surface area contributed by atoms with E-state index in [2.05, 4.69) is 0 Å². The lowest BCUT2D eigenvalue weighted by molar-refractivity contribution is -0.926. The summed E-state index contributed by atoms with van der Waals surface area (Å²) in [5.74, 6) is 0. The Bertz CT molecular complexity index is 86.7. The highest BCUT2D eigenvalue weighted by Gasteiger charge is 2.26. The summed E-state index contributed by atoms with van der Waals surface area (Å²) in [6.07, 6.45) is -2.80. The van der Waals surface area contributed by atoms with Crippen LogP contribution in [0.15, 0.2) is 0 Å². The Balaban J connectivity index is 3.88. The summed E-state index contributed by atoms with van der Waals surface area (Å²) in [5.41, 5.74) is 0. The fourth-order valence-electron chi connectivity index (χ4n) is 0.400. The second kappa shape index (κ2) is 2.62. The van der Waals surface area contributed by atoms with Crippen molar-refractivity contribution in [3.05, 3.63) is 0 Å². The summed E-state index contributed by atoms with van der Waals surface area (Å²) in [7, 11) is 5.01. The molecule has 0 aromatic rings. The summed E-state index contributed by atoms with van der Waals surface area (Å²) < 4.78 is 0.123. The van der Waals surface area contributed by atoms with E-state index in [4.69, 9.17) is 15.3 Å². The number of rotatable bonds is 2. The van der Waals surface area contributed by atoms with Gasteiger partial charge in [0, 0.05) is 0 Å². The van der Waals surface area contributed by atoms with Gasteiger partial charge in [-0.1, -0.05) is 0 Å². The predicted octanol–water partition coefficient (Wildman–Crippen LogP) is -1.68. The fourth-order valence-corrected chi connectivity index (χ4v) is 0.400. The van der Waals surface area contributed by atoms with Crippen LogP contribution in [0.2, 0.25) is 0 Å². The number of hydrogen-bond donors (Lipinski definition) is 3. The van der Waals surface area contributed by atoms with Crippen molar-refractivity contribution in [3.63, 3.8) is 0 Å². The van der Waals surface area contributed by atoms with Gasteiger partial charge < -0.3 is 19.8 Å². The zero-order valence-corrected chi connectivity index (χ0v) is 5.94. The number of nitrogens with zero attached hydrogens (tertiary/aromatic N) is 1. The minimum atomic E-state index is -1.66. The molecule has 0 amide bonds. The summed E-state index contributed by atoms with van der Waals surface area (Å²) in [5, 5.41) is 25.8. The molecule has 0 heterocycles. The maximum absolute atomic E-state index is 8.94. The molecule has 0 saturated heterocycles. The minimum Gasteiger partial charge on any atom is -0.361 e. The molecule has 0 aliphatic rings. The molecule has 0 aromatic carbocycles. The first-order chi connectivity index (χ1) is 3.85. The quantitative estimate of drug-likeness (QED) is 0.314. The van der Waals surface area contributed by atoms with Crippen molar-refractivity contribution in [2.45, 2.75) is 12.5 Å². The molecular weight excluding hydrogens is 122 g/mol. The average molecular weight is 136 g/mol. The third-order valence-corrected chi connectivity index (χ3v) is 1.06. The van der Waals surface area contributed by atoms with Crippen molar-refractivity contribution in [1.29, 1.82) is 0 Å². The monoisotopic (exact) mass is 136 g/mol. The van der Waals surface area contributed by atoms with Crippen LogP contribution in [0.25, 0.3) is 0 Å². The van der Waals surface area contributed by atoms with Crippen molar-refractivity contribution in [1.82, 2.24) is 0 Å². The molecule has 0 aromatic heterocycles. The molecule has 0 radical (unpaired) electrons. The molecule has 0 rings (SSSR count). The molecule has 4 nitrogen and oxygen atoms in total. The lowest BCUT2D eigenvalue weighted by atomic mass is 10.4. The molecule has 0 saturated carbocycles. The van der Waals surface area contributed by atoms with Gasteiger partial charge in [-0.05, 0) is 0 Å². The van der Waals surface area contributed by atoms with Gasteiger partial charge in [-0.3, -0.25) is 0 Å². The van der Waals surface area contributed by atoms with E-state index in [0.29, 0.717) is 0 Å². The van der Waals surface area contributed by atoms with E-state index in [1.807, 2.05) is 0 Å². The van der Waals surface area contributed by atoms with Gasteiger partial charge in [0.2, 0.25) is 12.5 Å². The number of quaternary nitrogens is 1. The van der Waals surface area contributed by atoms with Crippen molar-refractivity contribution < 1.29 is 19.8 Å². The van der Waals surface area contributed by atoms with Crippen LogP contribution in [-0.4, -0.2) is 53.5 Å². The predicted molar refractivity (Wildman–Crippen MR) is 32.3 cm³/mol. The summed E-state index contributed by atoms with van der Waals surface area (Å²) in [6, 6.07) is 0. The van der Waals surface area contributed by atoms with Crippen molar-refractivity contribution in [3.8, 4) is 0 Å². The first kappa shape index (κ1) is 8.84. The molecule has 0 aliphatic heterocycles.